The second-order valence-electron chi connectivity index (χ2n) is 7.59. The van der Waals surface area contributed by atoms with Gasteiger partial charge in [-0.3, -0.25) is 24.5 Å². The lowest BCUT2D eigenvalue weighted by atomic mass is 10.0. The predicted octanol–water partition coefficient (Wildman–Crippen LogP) is 1.40. The number of rotatable bonds is 4. The number of ketones is 1. The van der Waals surface area contributed by atoms with Crippen molar-refractivity contribution in [2.75, 3.05) is 0 Å². The molecule has 9 nitrogen and oxygen atoms in total. The molecule has 2 aromatic carbocycles. The van der Waals surface area contributed by atoms with E-state index in [-0.39, 0.29) is 42.5 Å². The summed E-state index contributed by atoms with van der Waals surface area (Å²) in [4.78, 5) is 50.8. The standard InChI is InChI=1S/C22H16FN5O4/c23-13-6-4-12(5-7-13)20(30)16-11-28(26-25-16)17-3-1-2-14-15(17)10-27(22(14)32)18-8-9-19(29)24-21(18)31/h1-7,11,18H,8-10H2,(H,24,29,31). The Labute approximate surface area is 180 Å². The fourth-order valence-electron chi connectivity index (χ4n) is 4.02. The van der Waals surface area contributed by atoms with Crippen molar-refractivity contribution in [3.63, 3.8) is 0 Å². The number of nitrogens with zero attached hydrogens (tertiary/aromatic N) is 4. The second kappa shape index (κ2) is 7.49. The maximum absolute atomic E-state index is 13.1. The summed E-state index contributed by atoms with van der Waals surface area (Å²) in [5.74, 6) is -2.01. The number of aromatic nitrogens is 3. The van der Waals surface area contributed by atoms with Gasteiger partial charge in [-0.05, 0) is 42.8 Å². The van der Waals surface area contributed by atoms with Crippen LogP contribution in [-0.4, -0.2) is 49.4 Å². The minimum atomic E-state index is -0.730. The van der Waals surface area contributed by atoms with Crippen LogP contribution in [0.15, 0.2) is 48.7 Å². The Morgan fingerprint density at radius 1 is 1.09 bits per heavy atom. The number of carbonyl (C=O) groups excluding carboxylic acids is 4. The number of hydrogen-bond donors (Lipinski definition) is 1. The van der Waals surface area contributed by atoms with E-state index in [4.69, 9.17) is 0 Å². The van der Waals surface area contributed by atoms with Crippen LogP contribution < -0.4 is 5.32 Å². The summed E-state index contributed by atoms with van der Waals surface area (Å²) >= 11 is 0. The largest absolute Gasteiger partial charge is 0.322 e. The summed E-state index contributed by atoms with van der Waals surface area (Å²) < 4.78 is 14.5. The smallest absolute Gasteiger partial charge is 0.255 e. The normalized spacial score (nSPS) is 18.0. The van der Waals surface area contributed by atoms with E-state index in [1.54, 1.807) is 18.2 Å². The molecule has 0 bridgehead atoms. The quantitative estimate of drug-likeness (QED) is 0.491. The molecular weight excluding hydrogens is 417 g/mol. The average molecular weight is 433 g/mol. The number of benzene rings is 2. The highest BCUT2D eigenvalue weighted by Crippen LogP contribution is 2.31. The number of amides is 3. The van der Waals surface area contributed by atoms with E-state index in [0.29, 0.717) is 16.8 Å². The first-order chi connectivity index (χ1) is 15.4. The third kappa shape index (κ3) is 3.25. The van der Waals surface area contributed by atoms with E-state index >= 15 is 0 Å². The van der Waals surface area contributed by atoms with Crippen molar-refractivity contribution >= 4 is 23.5 Å². The molecule has 5 rings (SSSR count). The monoisotopic (exact) mass is 433 g/mol. The van der Waals surface area contributed by atoms with Crippen molar-refractivity contribution in [1.82, 2.24) is 25.2 Å². The molecule has 32 heavy (non-hydrogen) atoms. The highest BCUT2D eigenvalue weighted by Gasteiger charge is 2.40. The van der Waals surface area contributed by atoms with Gasteiger partial charge in [0.15, 0.2) is 5.69 Å². The number of imide groups is 1. The number of piperidine rings is 1. The van der Waals surface area contributed by atoms with Gasteiger partial charge < -0.3 is 4.90 Å². The molecule has 3 heterocycles. The van der Waals surface area contributed by atoms with Crippen molar-refractivity contribution in [2.24, 2.45) is 0 Å². The fraction of sp³-hybridized carbons (Fsp3) is 0.182. The highest BCUT2D eigenvalue weighted by atomic mass is 19.1. The van der Waals surface area contributed by atoms with E-state index in [1.165, 1.54) is 40.0 Å². The van der Waals surface area contributed by atoms with Gasteiger partial charge in [-0.15, -0.1) is 5.10 Å². The van der Waals surface area contributed by atoms with Gasteiger partial charge in [0.25, 0.3) is 5.91 Å². The molecule has 3 amide bonds. The van der Waals surface area contributed by atoms with E-state index in [1.807, 2.05) is 0 Å². The Morgan fingerprint density at radius 2 is 1.88 bits per heavy atom. The molecule has 0 radical (unpaired) electrons. The maximum atomic E-state index is 13.1. The van der Waals surface area contributed by atoms with Gasteiger partial charge in [-0.2, -0.15) is 0 Å². The van der Waals surface area contributed by atoms with Crippen LogP contribution in [0.1, 0.15) is 44.8 Å². The summed E-state index contributed by atoms with van der Waals surface area (Å²) in [6.45, 7) is 0.164. The van der Waals surface area contributed by atoms with E-state index in [9.17, 15) is 23.6 Å². The number of hydrogen-bond acceptors (Lipinski definition) is 6. The average Bonchev–Trinajstić information content (AvgIpc) is 3.39. The van der Waals surface area contributed by atoms with Crippen LogP contribution in [0.25, 0.3) is 5.69 Å². The molecule has 1 N–H and O–H groups in total. The minimum Gasteiger partial charge on any atom is -0.322 e. The first-order valence-corrected chi connectivity index (χ1v) is 9.92. The van der Waals surface area contributed by atoms with Crippen LogP contribution in [0.5, 0.6) is 0 Å². The van der Waals surface area contributed by atoms with Crippen LogP contribution in [0.3, 0.4) is 0 Å². The van der Waals surface area contributed by atoms with Crippen molar-refractivity contribution in [3.8, 4) is 5.69 Å². The molecule has 1 fully saturated rings. The summed E-state index contributed by atoms with van der Waals surface area (Å²) in [6.07, 6.45) is 1.88. The van der Waals surface area contributed by atoms with Gasteiger partial charge in [-0.1, -0.05) is 11.3 Å². The van der Waals surface area contributed by atoms with Crippen LogP contribution in [0, 0.1) is 5.82 Å². The molecule has 2 aliphatic heterocycles. The molecule has 1 saturated heterocycles. The molecule has 10 heteroatoms. The summed E-state index contributed by atoms with van der Waals surface area (Å²) in [5.41, 5.74) is 1.97. The number of carbonyl (C=O) groups is 4. The Morgan fingerprint density at radius 3 is 2.62 bits per heavy atom. The van der Waals surface area contributed by atoms with Crippen LogP contribution in [0.2, 0.25) is 0 Å². The zero-order valence-corrected chi connectivity index (χ0v) is 16.6. The molecule has 1 atom stereocenters. The summed E-state index contributed by atoms with van der Waals surface area (Å²) in [5, 5.41) is 10.2. The minimum absolute atomic E-state index is 0.0700. The van der Waals surface area contributed by atoms with Gasteiger partial charge in [0.1, 0.15) is 11.9 Å². The SMILES string of the molecule is O=C1CCC(N2Cc3c(cccc3-n3cc(C(=O)c4ccc(F)cc4)nn3)C2=O)C(=O)N1. The predicted molar refractivity (Wildman–Crippen MR) is 107 cm³/mol. The zero-order valence-electron chi connectivity index (χ0n) is 16.6. The highest BCUT2D eigenvalue weighted by molar-refractivity contribution is 6.07. The van der Waals surface area contributed by atoms with Crippen molar-refractivity contribution in [3.05, 3.63) is 76.9 Å². The molecule has 0 saturated carbocycles. The molecular formula is C22H16FN5O4. The van der Waals surface area contributed by atoms with E-state index in [2.05, 4.69) is 15.6 Å². The second-order valence-corrected chi connectivity index (χ2v) is 7.59. The molecule has 2 aliphatic rings. The van der Waals surface area contributed by atoms with Gasteiger partial charge in [-0.25, -0.2) is 9.07 Å². The van der Waals surface area contributed by atoms with Crippen molar-refractivity contribution < 1.29 is 23.6 Å². The molecule has 1 unspecified atom stereocenters. The molecule has 160 valence electrons. The van der Waals surface area contributed by atoms with Gasteiger partial charge in [0.05, 0.1) is 11.9 Å². The van der Waals surface area contributed by atoms with Crippen molar-refractivity contribution in [2.45, 2.75) is 25.4 Å². The number of nitrogens with one attached hydrogen (secondary N) is 1. The first-order valence-electron chi connectivity index (χ1n) is 9.92. The Balaban J connectivity index is 1.44. The molecule has 0 aliphatic carbocycles. The van der Waals surface area contributed by atoms with E-state index in [0.717, 1.165) is 0 Å². The maximum Gasteiger partial charge on any atom is 0.255 e. The van der Waals surface area contributed by atoms with E-state index < -0.39 is 23.5 Å². The summed E-state index contributed by atoms with van der Waals surface area (Å²) in [6, 6.07) is 9.47. The lowest BCUT2D eigenvalue weighted by Crippen LogP contribution is -2.52. The number of halogens is 1. The Hall–Kier alpha value is -4.21. The van der Waals surface area contributed by atoms with Crippen molar-refractivity contribution in [1.29, 1.82) is 0 Å². The third-order valence-corrected chi connectivity index (χ3v) is 5.64. The first kappa shape index (κ1) is 19.7. The molecule has 0 spiro atoms. The lowest BCUT2D eigenvalue weighted by molar-refractivity contribution is -0.136. The molecule has 1 aromatic heterocycles. The third-order valence-electron chi connectivity index (χ3n) is 5.64. The molecule has 3 aromatic rings. The summed E-state index contributed by atoms with van der Waals surface area (Å²) in [7, 11) is 0. The zero-order chi connectivity index (χ0) is 22.4. The van der Waals surface area contributed by atoms with Gasteiger partial charge in [0.2, 0.25) is 17.6 Å². The van der Waals surface area contributed by atoms with Gasteiger partial charge >= 0.3 is 0 Å². The van der Waals surface area contributed by atoms with Crippen LogP contribution in [0.4, 0.5) is 4.39 Å². The Kier molecular flexibility index (Phi) is 4.62. The Bertz CT molecular complexity index is 1280. The topological polar surface area (TPSA) is 114 Å². The van der Waals surface area contributed by atoms with Crippen LogP contribution in [-0.2, 0) is 16.1 Å². The lowest BCUT2D eigenvalue weighted by Gasteiger charge is -2.29. The van der Waals surface area contributed by atoms with Gasteiger partial charge in [0, 0.05) is 29.7 Å². The van der Waals surface area contributed by atoms with Crippen LogP contribution >= 0.6 is 0 Å². The number of fused-ring (bicyclic) bond motifs is 1. The fourth-order valence-corrected chi connectivity index (χ4v) is 4.02.